The SMILES string of the molecule is CN(CCC1CCN(C(=O)O)CC1)C(=O)OC(C)(C)C. The molecule has 0 saturated carbocycles. The molecule has 1 saturated heterocycles. The van der Waals surface area contributed by atoms with Crippen LogP contribution < -0.4 is 0 Å². The highest BCUT2D eigenvalue weighted by atomic mass is 16.6. The van der Waals surface area contributed by atoms with Gasteiger partial charge in [0, 0.05) is 26.7 Å². The van der Waals surface area contributed by atoms with Crippen molar-refractivity contribution in [2.24, 2.45) is 5.92 Å². The van der Waals surface area contributed by atoms with Gasteiger partial charge in [-0.05, 0) is 46.0 Å². The second-order valence-corrected chi connectivity index (χ2v) is 6.40. The van der Waals surface area contributed by atoms with Crippen molar-refractivity contribution in [2.75, 3.05) is 26.7 Å². The van der Waals surface area contributed by atoms with Crippen molar-refractivity contribution < 1.29 is 19.4 Å². The third-order valence-electron chi connectivity index (χ3n) is 3.46. The number of carbonyl (C=O) groups is 2. The van der Waals surface area contributed by atoms with Crippen LogP contribution >= 0.6 is 0 Å². The fourth-order valence-electron chi connectivity index (χ4n) is 2.22. The number of amides is 2. The Hall–Kier alpha value is -1.46. The van der Waals surface area contributed by atoms with Crippen molar-refractivity contribution in [3.8, 4) is 0 Å². The van der Waals surface area contributed by atoms with E-state index in [1.807, 2.05) is 20.8 Å². The normalized spacial score (nSPS) is 16.9. The van der Waals surface area contributed by atoms with Gasteiger partial charge in [-0.2, -0.15) is 0 Å². The summed E-state index contributed by atoms with van der Waals surface area (Å²) in [5.74, 6) is 0.482. The van der Waals surface area contributed by atoms with E-state index in [-0.39, 0.29) is 6.09 Å². The summed E-state index contributed by atoms with van der Waals surface area (Å²) in [6.45, 7) is 7.38. The minimum atomic E-state index is -0.839. The molecule has 1 heterocycles. The molecule has 0 aliphatic carbocycles. The first-order chi connectivity index (χ1) is 9.19. The van der Waals surface area contributed by atoms with Crippen molar-refractivity contribution in [3.05, 3.63) is 0 Å². The number of piperidine rings is 1. The largest absolute Gasteiger partial charge is 0.465 e. The van der Waals surface area contributed by atoms with Crippen LogP contribution in [-0.2, 0) is 4.74 Å². The Morgan fingerprint density at radius 2 is 1.85 bits per heavy atom. The van der Waals surface area contributed by atoms with E-state index in [1.165, 1.54) is 4.90 Å². The fraction of sp³-hybridized carbons (Fsp3) is 0.857. The lowest BCUT2D eigenvalue weighted by Gasteiger charge is -2.31. The van der Waals surface area contributed by atoms with Crippen LogP contribution in [0.4, 0.5) is 9.59 Å². The molecule has 0 spiro atoms. The molecule has 0 atom stereocenters. The van der Waals surface area contributed by atoms with Crippen molar-refractivity contribution in [2.45, 2.75) is 45.6 Å². The minimum absolute atomic E-state index is 0.305. The first kappa shape index (κ1) is 16.6. The monoisotopic (exact) mass is 286 g/mol. The van der Waals surface area contributed by atoms with Crippen LogP contribution in [0.5, 0.6) is 0 Å². The number of carbonyl (C=O) groups excluding carboxylic acids is 1. The Labute approximate surface area is 120 Å². The summed E-state index contributed by atoms with van der Waals surface area (Å²) in [5, 5.41) is 8.88. The Balaban J connectivity index is 2.27. The summed E-state index contributed by atoms with van der Waals surface area (Å²) < 4.78 is 5.29. The lowest BCUT2D eigenvalue weighted by atomic mass is 9.93. The van der Waals surface area contributed by atoms with Gasteiger partial charge in [0.1, 0.15) is 5.60 Å². The van der Waals surface area contributed by atoms with Gasteiger partial charge in [0.15, 0.2) is 0 Å². The van der Waals surface area contributed by atoms with E-state index in [2.05, 4.69) is 0 Å². The second-order valence-electron chi connectivity index (χ2n) is 6.40. The van der Waals surface area contributed by atoms with Crippen LogP contribution in [-0.4, -0.2) is 59.4 Å². The summed E-state index contributed by atoms with van der Waals surface area (Å²) in [5.41, 5.74) is -0.474. The zero-order valence-corrected chi connectivity index (χ0v) is 12.9. The van der Waals surface area contributed by atoms with E-state index in [9.17, 15) is 9.59 Å². The van der Waals surface area contributed by atoms with E-state index in [0.29, 0.717) is 25.6 Å². The summed E-state index contributed by atoms with van der Waals surface area (Å²) in [6, 6.07) is 0. The molecular formula is C14H26N2O4. The standard InChI is InChI=1S/C14H26N2O4/c1-14(2,3)20-13(19)15(4)8-5-11-6-9-16(10-7-11)12(17)18/h11H,5-10H2,1-4H3,(H,17,18). The van der Waals surface area contributed by atoms with Crippen molar-refractivity contribution in [3.63, 3.8) is 0 Å². The van der Waals surface area contributed by atoms with Gasteiger partial charge in [-0.25, -0.2) is 9.59 Å². The van der Waals surface area contributed by atoms with Gasteiger partial charge in [0.25, 0.3) is 0 Å². The molecule has 6 heteroatoms. The third-order valence-corrected chi connectivity index (χ3v) is 3.46. The van der Waals surface area contributed by atoms with E-state index in [0.717, 1.165) is 19.3 Å². The lowest BCUT2D eigenvalue weighted by molar-refractivity contribution is 0.0285. The Morgan fingerprint density at radius 3 is 2.30 bits per heavy atom. The molecule has 0 radical (unpaired) electrons. The lowest BCUT2D eigenvalue weighted by Crippen LogP contribution is -2.39. The molecule has 0 aromatic heterocycles. The first-order valence-corrected chi connectivity index (χ1v) is 7.11. The molecule has 6 nitrogen and oxygen atoms in total. The Kier molecular flexibility index (Phi) is 5.65. The van der Waals surface area contributed by atoms with Crippen LogP contribution in [0.2, 0.25) is 0 Å². The van der Waals surface area contributed by atoms with Crippen LogP contribution in [0, 0.1) is 5.92 Å². The summed E-state index contributed by atoms with van der Waals surface area (Å²) in [4.78, 5) is 25.6. The molecule has 20 heavy (non-hydrogen) atoms. The quantitative estimate of drug-likeness (QED) is 0.866. The first-order valence-electron chi connectivity index (χ1n) is 7.11. The topological polar surface area (TPSA) is 70.1 Å². The number of rotatable bonds is 3. The fourth-order valence-corrected chi connectivity index (χ4v) is 2.22. The number of likely N-dealkylation sites (tertiary alicyclic amines) is 1. The van der Waals surface area contributed by atoms with Crippen molar-refractivity contribution in [1.82, 2.24) is 9.80 Å². The van der Waals surface area contributed by atoms with Gasteiger partial charge in [-0.3, -0.25) is 0 Å². The Morgan fingerprint density at radius 1 is 1.30 bits per heavy atom. The van der Waals surface area contributed by atoms with Crippen molar-refractivity contribution in [1.29, 1.82) is 0 Å². The predicted octanol–water partition coefficient (Wildman–Crippen LogP) is 2.63. The molecule has 1 N–H and O–H groups in total. The maximum atomic E-state index is 11.8. The molecule has 1 fully saturated rings. The smallest absolute Gasteiger partial charge is 0.410 e. The Bertz CT molecular complexity index is 344. The average Bonchev–Trinajstić information content (AvgIpc) is 2.34. The van der Waals surface area contributed by atoms with Gasteiger partial charge >= 0.3 is 12.2 Å². The zero-order chi connectivity index (χ0) is 15.3. The van der Waals surface area contributed by atoms with E-state index in [1.54, 1.807) is 11.9 Å². The van der Waals surface area contributed by atoms with Gasteiger partial charge in [-0.15, -0.1) is 0 Å². The van der Waals surface area contributed by atoms with E-state index >= 15 is 0 Å². The third kappa shape index (κ3) is 5.67. The molecule has 2 amide bonds. The van der Waals surface area contributed by atoms with E-state index < -0.39 is 11.7 Å². The molecular weight excluding hydrogens is 260 g/mol. The van der Waals surface area contributed by atoms with E-state index in [4.69, 9.17) is 9.84 Å². The highest BCUT2D eigenvalue weighted by Gasteiger charge is 2.24. The van der Waals surface area contributed by atoms with Crippen molar-refractivity contribution >= 4 is 12.2 Å². The molecule has 0 bridgehead atoms. The summed E-state index contributed by atoms with van der Waals surface area (Å²) in [7, 11) is 1.74. The zero-order valence-electron chi connectivity index (χ0n) is 12.9. The molecule has 0 aromatic rings. The molecule has 1 rings (SSSR count). The number of nitrogens with zero attached hydrogens (tertiary/aromatic N) is 2. The molecule has 0 aromatic carbocycles. The molecule has 1 aliphatic heterocycles. The number of carboxylic acid groups (broad SMARTS) is 1. The maximum absolute atomic E-state index is 11.8. The van der Waals surface area contributed by atoms with Crippen LogP contribution in [0.3, 0.4) is 0 Å². The average molecular weight is 286 g/mol. The van der Waals surface area contributed by atoms with Gasteiger partial charge in [-0.1, -0.05) is 0 Å². The highest BCUT2D eigenvalue weighted by molar-refractivity contribution is 5.67. The second kappa shape index (κ2) is 6.81. The molecule has 1 aliphatic rings. The van der Waals surface area contributed by atoms with Gasteiger partial charge < -0.3 is 19.6 Å². The van der Waals surface area contributed by atoms with Gasteiger partial charge in [0.2, 0.25) is 0 Å². The number of ether oxygens (including phenoxy) is 1. The molecule has 0 unspecified atom stereocenters. The number of hydrogen-bond acceptors (Lipinski definition) is 3. The highest BCUT2D eigenvalue weighted by Crippen LogP contribution is 2.21. The maximum Gasteiger partial charge on any atom is 0.410 e. The van der Waals surface area contributed by atoms with Crippen LogP contribution in [0.25, 0.3) is 0 Å². The molecule has 116 valence electrons. The van der Waals surface area contributed by atoms with Crippen LogP contribution in [0.1, 0.15) is 40.0 Å². The minimum Gasteiger partial charge on any atom is -0.465 e. The van der Waals surface area contributed by atoms with Gasteiger partial charge in [0.05, 0.1) is 0 Å². The summed E-state index contributed by atoms with van der Waals surface area (Å²) >= 11 is 0. The summed E-state index contributed by atoms with van der Waals surface area (Å²) in [6.07, 6.45) is 1.49. The predicted molar refractivity (Wildman–Crippen MR) is 75.8 cm³/mol. The number of hydrogen-bond donors (Lipinski definition) is 1. The van der Waals surface area contributed by atoms with Crippen LogP contribution in [0.15, 0.2) is 0 Å².